The van der Waals surface area contributed by atoms with Crippen molar-refractivity contribution in [2.75, 3.05) is 0 Å². The van der Waals surface area contributed by atoms with Gasteiger partial charge in [-0.1, -0.05) is 35.3 Å². The molecule has 20 heavy (non-hydrogen) atoms. The first-order valence-electron chi connectivity index (χ1n) is 5.38. The summed E-state index contributed by atoms with van der Waals surface area (Å²) in [6.07, 6.45) is 0. The Balaban J connectivity index is 2.76. The molecule has 102 valence electrons. The molecule has 5 nitrogen and oxygen atoms in total. The standard InChI is InChI=1S/C13H7Cl2NO4/c14-11-3-1-2-8(12(11)15)10-6-7(16(19)20)4-5-9(10)13(17)18/h1-6H,(H,17,18). The summed E-state index contributed by atoms with van der Waals surface area (Å²) in [5.41, 5.74) is 0.181. The van der Waals surface area contributed by atoms with Crippen molar-refractivity contribution in [3.63, 3.8) is 0 Å². The fourth-order valence-corrected chi connectivity index (χ4v) is 2.17. The van der Waals surface area contributed by atoms with Crippen LogP contribution in [-0.4, -0.2) is 16.0 Å². The van der Waals surface area contributed by atoms with Crippen molar-refractivity contribution >= 4 is 34.9 Å². The number of rotatable bonds is 3. The third-order valence-electron chi connectivity index (χ3n) is 2.69. The van der Waals surface area contributed by atoms with E-state index in [0.29, 0.717) is 5.56 Å². The molecule has 0 aliphatic rings. The molecule has 0 unspecified atom stereocenters. The Morgan fingerprint density at radius 3 is 2.45 bits per heavy atom. The molecular formula is C13H7Cl2NO4. The molecule has 7 heteroatoms. The van der Waals surface area contributed by atoms with Gasteiger partial charge in [0.05, 0.1) is 20.5 Å². The molecule has 0 saturated carbocycles. The molecule has 2 rings (SSSR count). The molecule has 0 radical (unpaired) electrons. The number of carbonyl (C=O) groups is 1. The topological polar surface area (TPSA) is 80.4 Å². The Labute approximate surface area is 123 Å². The average molecular weight is 312 g/mol. The monoisotopic (exact) mass is 311 g/mol. The van der Waals surface area contributed by atoms with E-state index in [2.05, 4.69) is 0 Å². The summed E-state index contributed by atoms with van der Waals surface area (Å²) in [6, 6.07) is 8.17. The Hall–Kier alpha value is -2.11. The molecule has 0 bridgehead atoms. The highest BCUT2D eigenvalue weighted by molar-refractivity contribution is 6.43. The van der Waals surface area contributed by atoms with Gasteiger partial charge in [-0.2, -0.15) is 0 Å². The predicted molar refractivity (Wildman–Crippen MR) is 75.5 cm³/mol. The normalized spacial score (nSPS) is 10.3. The smallest absolute Gasteiger partial charge is 0.336 e. The summed E-state index contributed by atoms with van der Waals surface area (Å²) in [5, 5.41) is 20.4. The van der Waals surface area contributed by atoms with Gasteiger partial charge in [-0.05, 0) is 12.1 Å². The van der Waals surface area contributed by atoms with Gasteiger partial charge in [0.15, 0.2) is 0 Å². The van der Waals surface area contributed by atoms with E-state index in [9.17, 15) is 20.0 Å². The highest BCUT2D eigenvalue weighted by Crippen LogP contribution is 2.36. The van der Waals surface area contributed by atoms with Crippen molar-refractivity contribution in [3.8, 4) is 11.1 Å². The minimum absolute atomic E-state index is 0.0835. The summed E-state index contributed by atoms with van der Waals surface area (Å²) in [5.74, 6) is -1.20. The van der Waals surface area contributed by atoms with Gasteiger partial charge < -0.3 is 5.11 Å². The number of benzene rings is 2. The second-order valence-electron chi connectivity index (χ2n) is 3.89. The molecule has 2 aromatic carbocycles. The zero-order valence-corrected chi connectivity index (χ0v) is 11.4. The van der Waals surface area contributed by atoms with E-state index < -0.39 is 10.9 Å². The van der Waals surface area contributed by atoms with Gasteiger partial charge in [-0.25, -0.2) is 4.79 Å². The third-order valence-corrected chi connectivity index (χ3v) is 3.51. The van der Waals surface area contributed by atoms with E-state index in [1.54, 1.807) is 18.2 Å². The second-order valence-corrected chi connectivity index (χ2v) is 4.68. The number of hydrogen-bond donors (Lipinski definition) is 1. The summed E-state index contributed by atoms with van der Waals surface area (Å²) < 4.78 is 0. The number of carboxylic acids is 1. The average Bonchev–Trinajstić information content (AvgIpc) is 2.41. The quantitative estimate of drug-likeness (QED) is 0.678. The maximum Gasteiger partial charge on any atom is 0.336 e. The minimum Gasteiger partial charge on any atom is -0.478 e. The molecule has 0 saturated heterocycles. The summed E-state index contributed by atoms with van der Waals surface area (Å²) in [7, 11) is 0. The molecule has 2 aromatic rings. The van der Waals surface area contributed by atoms with E-state index in [1.165, 1.54) is 12.1 Å². The number of nitrogens with zero attached hydrogens (tertiary/aromatic N) is 1. The van der Waals surface area contributed by atoms with Gasteiger partial charge in [0.25, 0.3) is 5.69 Å². The van der Waals surface area contributed by atoms with E-state index in [1.807, 2.05) is 0 Å². The lowest BCUT2D eigenvalue weighted by Crippen LogP contribution is -2.01. The number of non-ortho nitro benzene ring substituents is 1. The molecule has 0 aromatic heterocycles. The lowest BCUT2D eigenvalue weighted by atomic mass is 9.99. The van der Waals surface area contributed by atoms with Crippen molar-refractivity contribution in [2.45, 2.75) is 0 Å². The third kappa shape index (κ3) is 2.59. The van der Waals surface area contributed by atoms with Gasteiger partial charge in [-0.15, -0.1) is 0 Å². The lowest BCUT2D eigenvalue weighted by molar-refractivity contribution is -0.384. The molecule has 0 fully saturated rings. The number of nitro benzene ring substituents is 1. The van der Waals surface area contributed by atoms with Gasteiger partial charge >= 0.3 is 5.97 Å². The van der Waals surface area contributed by atoms with Crippen LogP contribution < -0.4 is 0 Å². The van der Waals surface area contributed by atoms with Crippen molar-refractivity contribution in [1.29, 1.82) is 0 Å². The van der Waals surface area contributed by atoms with Crippen molar-refractivity contribution in [1.82, 2.24) is 0 Å². The van der Waals surface area contributed by atoms with E-state index in [4.69, 9.17) is 23.2 Å². The Morgan fingerprint density at radius 1 is 1.15 bits per heavy atom. The lowest BCUT2D eigenvalue weighted by Gasteiger charge is -2.09. The highest BCUT2D eigenvalue weighted by Gasteiger charge is 2.19. The number of hydrogen-bond acceptors (Lipinski definition) is 3. The van der Waals surface area contributed by atoms with E-state index in [0.717, 1.165) is 6.07 Å². The van der Waals surface area contributed by atoms with Crippen LogP contribution in [0.25, 0.3) is 11.1 Å². The first-order valence-corrected chi connectivity index (χ1v) is 6.13. The summed E-state index contributed by atoms with van der Waals surface area (Å²) in [6.45, 7) is 0. The van der Waals surface area contributed by atoms with Crippen LogP contribution in [0.2, 0.25) is 10.0 Å². The maximum absolute atomic E-state index is 11.2. The largest absolute Gasteiger partial charge is 0.478 e. The number of halogens is 2. The first-order chi connectivity index (χ1) is 9.41. The van der Waals surface area contributed by atoms with Crippen LogP contribution in [0, 0.1) is 10.1 Å². The van der Waals surface area contributed by atoms with Gasteiger partial charge in [0.1, 0.15) is 0 Å². The van der Waals surface area contributed by atoms with Gasteiger partial charge in [0, 0.05) is 23.3 Å². The van der Waals surface area contributed by atoms with Gasteiger partial charge in [-0.3, -0.25) is 10.1 Å². The van der Waals surface area contributed by atoms with Crippen molar-refractivity contribution in [3.05, 3.63) is 62.1 Å². The highest BCUT2D eigenvalue weighted by atomic mass is 35.5. The van der Waals surface area contributed by atoms with E-state index >= 15 is 0 Å². The number of aromatic carboxylic acids is 1. The molecule has 0 atom stereocenters. The summed E-state index contributed by atoms with van der Waals surface area (Å²) >= 11 is 11.9. The van der Waals surface area contributed by atoms with E-state index in [-0.39, 0.29) is 26.9 Å². The first kappa shape index (κ1) is 14.3. The van der Waals surface area contributed by atoms with Crippen LogP contribution >= 0.6 is 23.2 Å². The molecule has 1 N–H and O–H groups in total. The van der Waals surface area contributed by atoms with Crippen LogP contribution in [0.5, 0.6) is 0 Å². The molecular weight excluding hydrogens is 305 g/mol. The molecule has 0 spiro atoms. The fourth-order valence-electron chi connectivity index (χ4n) is 1.77. The number of carboxylic acid groups (broad SMARTS) is 1. The van der Waals surface area contributed by atoms with Crippen LogP contribution in [0.15, 0.2) is 36.4 Å². The SMILES string of the molecule is O=C(O)c1ccc([N+](=O)[O-])cc1-c1cccc(Cl)c1Cl. The molecule has 0 heterocycles. The van der Waals surface area contributed by atoms with Crippen LogP contribution in [0.1, 0.15) is 10.4 Å². The van der Waals surface area contributed by atoms with Crippen molar-refractivity contribution in [2.24, 2.45) is 0 Å². The molecule has 0 aliphatic carbocycles. The maximum atomic E-state index is 11.2. The second kappa shape index (κ2) is 5.48. The zero-order chi connectivity index (χ0) is 14.9. The van der Waals surface area contributed by atoms with Crippen LogP contribution in [-0.2, 0) is 0 Å². The fraction of sp³-hybridized carbons (Fsp3) is 0. The van der Waals surface area contributed by atoms with Crippen LogP contribution in [0.4, 0.5) is 5.69 Å². The zero-order valence-electron chi connectivity index (χ0n) is 9.84. The minimum atomic E-state index is -1.20. The Morgan fingerprint density at radius 2 is 1.85 bits per heavy atom. The Kier molecular flexibility index (Phi) is 3.92. The predicted octanol–water partition coefficient (Wildman–Crippen LogP) is 4.27. The molecule has 0 amide bonds. The Bertz CT molecular complexity index is 716. The summed E-state index contributed by atoms with van der Waals surface area (Å²) in [4.78, 5) is 21.4. The number of nitro groups is 1. The van der Waals surface area contributed by atoms with Crippen molar-refractivity contribution < 1.29 is 14.8 Å². The van der Waals surface area contributed by atoms with Crippen LogP contribution in [0.3, 0.4) is 0 Å². The van der Waals surface area contributed by atoms with Gasteiger partial charge in [0.2, 0.25) is 0 Å². The molecule has 0 aliphatic heterocycles.